The number of nitrogens with two attached hydrogens (primary N) is 1. The third-order valence-corrected chi connectivity index (χ3v) is 3.56. The maximum Gasteiger partial charge on any atom is 0.0668 e. The molecule has 0 spiro atoms. The van der Waals surface area contributed by atoms with Crippen LogP contribution in [0.3, 0.4) is 0 Å². The number of hydrogen-bond acceptors (Lipinski definition) is 3. The summed E-state index contributed by atoms with van der Waals surface area (Å²) in [6.07, 6.45) is 2.85. The van der Waals surface area contributed by atoms with E-state index < -0.39 is 0 Å². The molecule has 0 saturated heterocycles. The van der Waals surface area contributed by atoms with Crippen molar-refractivity contribution >= 4 is 0 Å². The van der Waals surface area contributed by atoms with Gasteiger partial charge in [0.15, 0.2) is 0 Å². The van der Waals surface area contributed by atoms with Crippen LogP contribution >= 0.6 is 0 Å². The minimum atomic E-state index is 0.0469. The summed E-state index contributed by atoms with van der Waals surface area (Å²) >= 11 is 0. The first kappa shape index (κ1) is 14.7. The van der Waals surface area contributed by atoms with Crippen molar-refractivity contribution in [2.24, 2.45) is 5.73 Å². The molecule has 1 aromatic carbocycles. The molecule has 0 fully saturated rings. The highest BCUT2D eigenvalue weighted by Crippen LogP contribution is 2.20. The normalized spacial score (nSPS) is 14.2. The highest BCUT2D eigenvalue weighted by atomic mass is 15.2. The number of likely N-dealkylation sites (N-methyl/N-ethyl adjacent to an activating group) is 1. The summed E-state index contributed by atoms with van der Waals surface area (Å²) in [4.78, 5) is 6.75. The Kier molecular flexibility index (Phi) is 5.27. The van der Waals surface area contributed by atoms with E-state index in [4.69, 9.17) is 5.73 Å². The number of pyridine rings is 1. The van der Waals surface area contributed by atoms with Gasteiger partial charge in [0.1, 0.15) is 0 Å². The quantitative estimate of drug-likeness (QED) is 0.876. The third kappa shape index (κ3) is 3.89. The first-order chi connectivity index (χ1) is 9.68. The smallest absolute Gasteiger partial charge is 0.0668 e. The Morgan fingerprint density at radius 2 is 1.80 bits per heavy atom. The number of benzene rings is 1. The Balaban J connectivity index is 2.03. The van der Waals surface area contributed by atoms with Crippen molar-refractivity contribution in [3.05, 3.63) is 66.0 Å². The summed E-state index contributed by atoms with van der Waals surface area (Å²) in [6.45, 7) is 3.01. The molecular weight excluding hydrogens is 246 g/mol. The molecule has 3 heteroatoms. The van der Waals surface area contributed by atoms with Crippen LogP contribution in [0.4, 0.5) is 0 Å². The Morgan fingerprint density at radius 1 is 1.10 bits per heavy atom. The summed E-state index contributed by atoms with van der Waals surface area (Å²) in [5.74, 6) is 0. The second kappa shape index (κ2) is 7.17. The zero-order valence-electron chi connectivity index (χ0n) is 12.2. The molecule has 2 atom stereocenters. The molecule has 1 heterocycles. The molecule has 106 valence electrons. The van der Waals surface area contributed by atoms with Gasteiger partial charge in [-0.25, -0.2) is 0 Å². The molecule has 3 nitrogen and oxygen atoms in total. The van der Waals surface area contributed by atoms with Gasteiger partial charge < -0.3 is 5.73 Å². The molecule has 2 rings (SSSR count). The SMILES string of the molecule is CC(N)C(c1ccccn1)N(C)CCc1ccccc1. The van der Waals surface area contributed by atoms with Gasteiger partial charge in [0.05, 0.1) is 11.7 Å². The molecule has 1 aromatic heterocycles. The van der Waals surface area contributed by atoms with Gasteiger partial charge in [-0.05, 0) is 38.1 Å². The fourth-order valence-electron chi connectivity index (χ4n) is 2.54. The van der Waals surface area contributed by atoms with E-state index >= 15 is 0 Å². The number of nitrogens with zero attached hydrogens (tertiary/aromatic N) is 2. The van der Waals surface area contributed by atoms with Gasteiger partial charge in [0.25, 0.3) is 0 Å². The molecule has 0 bridgehead atoms. The lowest BCUT2D eigenvalue weighted by Gasteiger charge is -2.30. The molecule has 0 amide bonds. The number of hydrogen-bond donors (Lipinski definition) is 1. The summed E-state index contributed by atoms with van der Waals surface area (Å²) in [5, 5.41) is 0. The van der Waals surface area contributed by atoms with Crippen LogP contribution in [-0.4, -0.2) is 29.5 Å². The largest absolute Gasteiger partial charge is 0.326 e. The van der Waals surface area contributed by atoms with Crippen molar-refractivity contribution in [3.63, 3.8) is 0 Å². The van der Waals surface area contributed by atoms with E-state index in [-0.39, 0.29) is 12.1 Å². The van der Waals surface area contributed by atoms with Gasteiger partial charge in [-0.1, -0.05) is 36.4 Å². The van der Waals surface area contributed by atoms with Gasteiger partial charge in [0, 0.05) is 18.8 Å². The van der Waals surface area contributed by atoms with E-state index in [1.165, 1.54) is 5.56 Å². The van der Waals surface area contributed by atoms with E-state index in [2.05, 4.69) is 41.2 Å². The van der Waals surface area contributed by atoms with Crippen LogP contribution in [0.25, 0.3) is 0 Å². The molecule has 0 aliphatic carbocycles. The maximum atomic E-state index is 6.16. The van der Waals surface area contributed by atoms with Crippen molar-refractivity contribution in [1.82, 2.24) is 9.88 Å². The van der Waals surface area contributed by atoms with Crippen LogP contribution < -0.4 is 5.73 Å². The van der Waals surface area contributed by atoms with Gasteiger partial charge >= 0.3 is 0 Å². The molecule has 2 aromatic rings. The van der Waals surface area contributed by atoms with Crippen LogP contribution in [0.5, 0.6) is 0 Å². The van der Waals surface area contributed by atoms with Gasteiger partial charge in [-0.2, -0.15) is 0 Å². The Hall–Kier alpha value is -1.71. The van der Waals surface area contributed by atoms with E-state index in [9.17, 15) is 0 Å². The van der Waals surface area contributed by atoms with Crippen molar-refractivity contribution in [3.8, 4) is 0 Å². The lowest BCUT2D eigenvalue weighted by Crippen LogP contribution is -2.38. The Bertz CT molecular complexity index is 496. The topological polar surface area (TPSA) is 42.1 Å². The molecule has 0 saturated carbocycles. The fourth-order valence-corrected chi connectivity index (χ4v) is 2.54. The third-order valence-electron chi connectivity index (χ3n) is 3.56. The molecular formula is C17H23N3. The molecule has 2 N–H and O–H groups in total. The molecule has 2 unspecified atom stereocenters. The predicted molar refractivity (Wildman–Crippen MR) is 83.4 cm³/mol. The summed E-state index contributed by atoms with van der Waals surface area (Å²) < 4.78 is 0. The molecule has 0 aliphatic rings. The van der Waals surface area contributed by atoms with Gasteiger partial charge in [0.2, 0.25) is 0 Å². The van der Waals surface area contributed by atoms with E-state index in [0.29, 0.717) is 0 Å². The van der Waals surface area contributed by atoms with Crippen LogP contribution in [-0.2, 0) is 6.42 Å². The maximum absolute atomic E-state index is 6.16. The highest BCUT2D eigenvalue weighted by molar-refractivity contribution is 5.15. The van der Waals surface area contributed by atoms with Crippen molar-refractivity contribution in [2.75, 3.05) is 13.6 Å². The molecule has 20 heavy (non-hydrogen) atoms. The van der Waals surface area contributed by atoms with E-state index in [0.717, 1.165) is 18.7 Å². The first-order valence-corrected chi connectivity index (χ1v) is 7.09. The molecule has 0 aliphatic heterocycles. The van der Waals surface area contributed by atoms with Crippen molar-refractivity contribution in [1.29, 1.82) is 0 Å². The summed E-state index contributed by atoms with van der Waals surface area (Å²) in [7, 11) is 2.12. The average molecular weight is 269 g/mol. The van der Waals surface area contributed by atoms with Crippen molar-refractivity contribution < 1.29 is 0 Å². The van der Waals surface area contributed by atoms with Crippen LogP contribution in [0.15, 0.2) is 54.7 Å². The minimum absolute atomic E-state index is 0.0469. The Labute approximate surface area is 121 Å². The zero-order valence-corrected chi connectivity index (χ0v) is 12.2. The van der Waals surface area contributed by atoms with Crippen LogP contribution in [0.1, 0.15) is 24.2 Å². The van der Waals surface area contributed by atoms with E-state index in [1.54, 1.807) is 0 Å². The van der Waals surface area contributed by atoms with Gasteiger partial charge in [-0.15, -0.1) is 0 Å². The van der Waals surface area contributed by atoms with Crippen LogP contribution in [0, 0.1) is 0 Å². The second-order valence-electron chi connectivity index (χ2n) is 5.27. The van der Waals surface area contributed by atoms with Gasteiger partial charge in [-0.3, -0.25) is 9.88 Å². The first-order valence-electron chi connectivity index (χ1n) is 7.09. The minimum Gasteiger partial charge on any atom is -0.326 e. The van der Waals surface area contributed by atoms with Crippen molar-refractivity contribution in [2.45, 2.75) is 25.4 Å². The monoisotopic (exact) mass is 269 g/mol. The lowest BCUT2D eigenvalue weighted by molar-refractivity contribution is 0.217. The van der Waals surface area contributed by atoms with Crippen LogP contribution in [0.2, 0.25) is 0 Å². The standard InChI is InChI=1S/C17H23N3/c1-14(18)17(16-10-6-7-12-19-16)20(2)13-11-15-8-4-3-5-9-15/h3-10,12,14,17H,11,13,18H2,1-2H3. The average Bonchev–Trinajstić information content (AvgIpc) is 2.47. The van der Waals surface area contributed by atoms with E-state index in [1.807, 2.05) is 37.4 Å². The summed E-state index contributed by atoms with van der Waals surface area (Å²) in [6, 6.07) is 16.7. The fraction of sp³-hybridized carbons (Fsp3) is 0.353. The Morgan fingerprint density at radius 3 is 2.40 bits per heavy atom. The number of rotatable bonds is 6. The molecule has 0 radical (unpaired) electrons. The number of aromatic nitrogens is 1. The lowest BCUT2D eigenvalue weighted by atomic mass is 10.0. The highest BCUT2D eigenvalue weighted by Gasteiger charge is 2.21. The summed E-state index contributed by atoms with van der Waals surface area (Å²) in [5.41, 5.74) is 8.55. The predicted octanol–water partition coefficient (Wildman–Crippen LogP) is 2.64. The zero-order chi connectivity index (χ0) is 14.4. The second-order valence-corrected chi connectivity index (χ2v) is 5.27.